The van der Waals surface area contributed by atoms with E-state index in [1.807, 2.05) is 0 Å². The number of hydrogen-bond acceptors (Lipinski definition) is 7. The summed E-state index contributed by atoms with van der Waals surface area (Å²) >= 11 is 1.03. The van der Waals surface area contributed by atoms with Crippen LogP contribution in [0.15, 0.2) is 64.4 Å². The number of thiazole rings is 1. The molecule has 2 amide bonds. The summed E-state index contributed by atoms with van der Waals surface area (Å²) in [5, 5.41) is 18.6. The van der Waals surface area contributed by atoms with Gasteiger partial charge < -0.3 is 5.32 Å². The Morgan fingerprint density at radius 2 is 1.88 bits per heavy atom. The van der Waals surface area contributed by atoms with Crippen molar-refractivity contribution in [2.75, 3.05) is 10.2 Å². The number of amides is 2. The molecule has 1 heterocycles. The van der Waals surface area contributed by atoms with E-state index in [0.717, 1.165) is 16.2 Å². The van der Waals surface area contributed by atoms with Crippen LogP contribution >= 0.6 is 11.3 Å². The number of para-hydroxylation sites is 1. The molecule has 0 aliphatic rings. The molecule has 0 radical (unpaired) electrons. The van der Waals surface area contributed by atoms with Crippen molar-refractivity contribution in [1.29, 1.82) is 5.26 Å². The molecule has 1 aromatic heterocycles. The average Bonchev–Trinajstić information content (AvgIpc) is 3.21. The van der Waals surface area contributed by atoms with E-state index in [2.05, 4.69) is 10.3 Å². The Bertz CT molecular complexity index is 1390. The van der Waals surface area contributed by atoms with Crippen LogP contribution in [0.4, 0.5) is 20.9 Å². The van der Waals surface area contributed by atoms with Crippen molar-refractivity contribution in [3.8, 4) is 6.07 Å². The summed E-state index contributed by atoms with van der Waals surface area (Å²) in [4.78, 5) is 29.8. The minimum Gasteiger partial charge on any atom is -0.321 e. The van der Waals surface area contributed by atoms with Gasteiger partial charge in [-0.15, -0.1) is 11.3 Å². The number of primary sulfonamides is 1. The topological polar surface area (TPSA) is 146 Å². The van der Waals surface area contributed by atoms with E-state index >= 15 is 0 Å². The number of nitriles is 1. The lowest BCUT2D eigenvalue weighted by molar-refractivity contribution is -0.116. The number of nitrogens with zero attached hydrogens (tertiary/aromatic N) is 3. The maximum Gasteiger partial charge on any atom is 0.266 e. The van der Waals surface area contributed by atoms with Crippen molar-refractivity contribution in [2.45, 2.75) is 11.8 Å². The Morgan fingerprint density at radius 1 is 1.21 bits per heavy atom. The fourth-order valence-corrected chi connectivity index (χ4v) is 4.06. The number of carbonyl (C=O) groups excluding carboxylic acids is 2. The highest BCUT2D eigenvalue weighted by atomic mass is 32.2. The molecule has 0 aliphatic heterocycles. The van der Waals surface area contributed by atoms with Crippen LogP contribution in [-0.4, -0.2) is 25.2 Å². The van der Waals surface area contributed by atoms with Crippen LogP contribution in [0.25, 0.3) is 6.08 Å². The van der Waals surface area contributed by atoms with Gasteiger partial charge in [-0.25, -0.2) is 22.9 Å². The number of anilines is 3. The van der Waals surface area contributed by atoms with Crippen molar-refractivity contribution < 1.29 is 22.4 Å². The number of nitrogens with two attached hydrogens (primary N) is 1. The number of rotatable bonds is 6. The monoisotopic (exact) mass is 485 g/mol. The van der Waals surface area contributed by atoms with Crippen molar-refractivity contribution in [3.05, 3.63) is 71.0 Å². The molecule has 168 valence electrons. The first-order valence-corrected chi connectivity index (χ1v) is 11.6. The number of carbonyl (C=O) groups is 2. The van der Waals surface area contributed by atoms with Crippen LogP contribution < -0.4 is 15.4 Å². The molecule has 12 heteroatoms. The second kappa shape index (κ2) is 9.70. The Balaban J connectivity index is 1.83. The summed E-state index contributed by atoms with van der Waals surface area (Å²) < 4.78 is 36.8. The van der Waals surface area contributed by atoms with E-state index in [-0.39, 0.29) is 32.7 Å². The van der Waals surface area contributed by atoms with Gasteiger partial charge in [0.25, 0.3) is 5.91 Å². The molecule has 0 spiro atoms. The zero-order valence-electron chi connectivity index (χ0n) is 17.0. The van der Waals surface area contributed by atoms with Gasteiger partial charge in [0.2, 0.25) is 15.9 Å². The summed E-state index contributed by atoms with van der Waals surface area (Å²) in [7, 11) is -3.88. The Morgan fingerprint density at radius 3 is 2.45 bits per heavy atom. The molecule has 0 saturated heterocycles. The van der Waals surface area contributed by atoms with Gasteiger partial charge in [-0.1, -0.05) is 12.1 Å². The molecule has 0 atom stereocenters. The highest BCUT2D eigenvalue weighted by molar-refractivity contribution is 7.89. The first-order chi connectivity index (χ1) is 15.6. The van der Waals surface area contributed by atoms with Gasteiger partial charge in [-0.05, 0) is 42.5 Å². The molecule has 0 aliphatic carbocycles. The fourth-order valence-electron chi connectivity index (χ4n) is 2.71. The molecule has 0 fully saturated rings. The minimum absolute atomic E-state index is 0.0241. The van der Waals surface area contributed by atoms with Gasteiger partial charge in [0.05, 0.1) is 16.3 Å². The van der Waals surface area contributed by atoms with Crippen molar-refractivity contribution in [2.24, 2.45) is 5.14 Å². The Kier molecular flexibility index (Phi) is 6.98. The third-order valence-electron chi connectivity index (χ3n) is 4.21. The first-order valence-electron chi connectivity index (χ1n) is 9.17. The van der Waals surface area contributed by atoms with Crippen molar-refractivity contribution in [3.63, 3.8) is 0 Å². The number of halogens is 1. The van der Waals surface area contributed by atoms with E-state index < -0.39 is 27.7 Å². The molecule has 3 rings (SSSR count). The highest BCUT2D eigenvalue weighted by Gasteiger charge is 2.21. The number of aromatic nitrogens is 1. The van der Waals surface area contributed by atoms with Gasteiger partial charge in [0, 0.05) is 18.0 Å². The SMILES string of the molecule is CC(=O)N(c1nc(/C=C(\C#N)C(=O)Nc2ccc(S(N)(=O)=O)cc2)cs1)c1ccccc1F. The third-order valence-corrected chi connectivity index (χ3v) is 5.98. The molecule has 3 N–H and O–H groups in total. The highest BCUT2D eigenvalue weighted by Crippen LogP contribution is 2.31. The smallest absolute Gasteiger partial charge is 0.266 e. The third kappa shape index (κ3) is 5.66. The lowest BCUT2D eigenvalue weighted by Gasteiger charge is -2.18. The zero-order valence-corrected chi connectivity index (χ0v) is 18.7. The van der Waals surface area contributed by atoms with E-state index in [4.69, 9.17) is 5.14 Å². The van der Waals surface area contributed by atoms with Crippen molar-refractivity contribution >= 4 is 55.8 Å². The van der Waals surface area contributed by atoms with Crippen molar-refractivity contribution in [1.82, 2.24) is 4.98 Å². The number of benzene rings is 2. The lowest BCUT2D eigenvalue weighted by Crippen LogP contribution is -2.23. The molecule has 0 saturated carbocycles. The second-order valence-electron chi connectivity index (χ2n) is 6.55. The molecule has 0 unspecified atom stereocenters. The standard InChI is InChI=1S/C21H16FN5O4S2/c1-13(28)27(19-5-3-2-4-18(19)22)21-26-16(12-32-21)10-14(11-23)20(29)25-15-6-8-17(9-7-15)33(24,30)31/h2-10,12H,1H3,(H,25,29)(H2,24,30,31)/b14-10+. The molecule has 0 bridgehead atoms. The number of sulfonamides is 1. The molecular formula is C21H16FN5O4S2. The van der Waals surface area contributed by atoms with Crippen LogP contribution in [0, 0.1) is 17.1 Å². The molecule has 9 nitrogen and oxygen atoms in total. The maximum absolute atomic E-state index is 14.2. The van der Waals surface area contributed by atoms with Gasteiger partial charge >= 0.3 is 0 Å². The van der Waals surface area contributed by atoms with E-state index in [9.17, 15) is 27.7 Å². The molecule has 2 aromatic carbocycles. The fraction of sp³-hybridized carbons (Fsp3) is 0.0476. The quantitative estimate of drug-likeness (QED) is 0.405. The number of nitrogens with one attached hydrogen (secondary N) is 1. The normalized spacial score (nSPS) is 11.5. The lowest BCUT2D eigenvalue weighted by atomic mass is 10.2. The van der Waals surface area contributed by atoms with Gasteiger partial charge in [-0.3, -0.25) is 14.5 Å². The van der Waals surface area contributed by atoms with E-state index in [1.165, 1.54) is 60.8 Å². The predicted molar refractivity (Wildman–Crippen MR) is 121 cm³/mol. The summed E-state index contributed by atoms with van der Waals surface area (Å²) in [6.07, 6.45) is 1.22. The summed E-state index contributed by atoms with van der Waals surface area (Å²) in [6, 6.07) is 12.6. The molecule has 33 heavy (non-hydrogen) atoms. The molecular weight excluding hydrogens is 469 g/mol. The zero-order chi connectivity index (χ0) is 24.2. The van der Waals surface area contributed by atoms with Crippen LogP contribution in [0.3, 0.4) is 0 Å². The predicted octanol–water partition coefficient (Wildman–Crippen LogP) is 3.16. The van der Waals surface area contributed by atoms with Gasteiger partial charge in [0.1, 0.15) is 17.5 Å². The summed E-state index contributed by atoms with van der Waals surface area (Å²) in [6.45, 7) is 1.26. The van der Waals surface area contributed by atoms with Crippen LogP contribution in [0.2, 0.25) is 0 Å². The molecule has 3 aromatic rings. The Labute approximate surface area is 192 Å². The van der Waals surface area contributed by atoms with Crippen LogP contribution in [0.1, 0.15) is 12.6 Å². The number of hydrogen-bond donors (Lipinski definition) is 2. The Hall–Kier alpha value is -3.92. The van der Waals surface area contributed by atoms with Gasteiger partial charge in [-0.2, -0.15) is 5.26 Å². The minimum atomic E-state index is -3.88. The van der Waals surface area contributed by atoms with Gasteiger partial charge in [0.15, 0.2) is 5.13 Å². The summed E-state index contributed by atoms with van der Waals surface area (Å²) in [5.41, 5.74) is 0.197. The van der Waals surface area contributed by atoms with Crippen LogP contribution in [0.5, 0.6) is 0 Å². The summed E-state index contributed by atoms with van der Waals surface area (Å²) in [5.74, 6) is -1.83. The maximum atomic E-state index is 14.2. The van der Waals surface area contributed by atoms with E-state index in [1.54, 1.807) is 12.1 Å². The van der Waals surface area contributed by atoms with Crippen LogP contribution in [-0.2, 0) is 19.6 Å². The first kappa shape index (κ1) is 23.7. The largest absolute Gasteiger partial charge is 0.321 e. The van der Waals surface area contributed by atoms with E-state index in [0.29, 0.717) is 0 Å². The average molecular weight is 486 g/mol. The second-order valence-corrected chi connectivity index (χ2v) is 8.95.